The standard InChI is InChI=1S/C12H18N2O/c1-13-8-5-9-14-12(15)10-11-6-3-2-4-7-11/h2-4,6-7,13H,5,8-10H2,1H3,(H,14,15). The first-order valence-corrected chi connectivity index (χ1v) is 5.28. The van der Waals surface area contributed by atoms with Gasteiger partial charge in [-0.05, 0) is 25.6 Å². The molecule has 2 N–H and O–H groups in total. The van der Waals surface area contributed by atoms with Gasteiger partial charge in [0.05, 0.1) is 6.42 Å². The fourth-order valence-electron chi connectivity index (χ4n) is 1.34. The maximum Gasteiger partial charge on any atom is 0.224 e. The quantitative estimate of drug-likeness (QED) is 0.681. The summed E-state index contributed by atoms with van der Waals surface area (Å²) in [6.07, 6.45) is 1.44. The van der Waals surface area contributed by atoms with E-state index in [1.807, 2.05) is 37.4 Å². The molecule has 0 saturated carbocycles. The third kappa shape index (κ3) is 5.18. The molecule has 0 aliphatic heterocycles. The van der Waals surface area contributed by atoms with E-state index in [1.54, 1.807) is 0 Å². The predicted molar refractivity (Wildman–Crippen MR) is 61.7 cm³/mol. The number of nitrogens with one attached hydrogen (secondary N) is 2. The van der Waals surface area contributed by atoms with E-state index in [9.17, 15) is 4.79 Å². The van der Waals surface area contributed by atoms with E-state index < -0.39 is 0 Å². The van der Waals surface area contributed by atoms with Crippen molar-refractivity contribution in [1.82, 2.24) is 10.6 Å². The third-order valence-corrected chi connectivity index (χ3v) is 2.13. The van der Waals surface area contributed by atoms with E-state index in [4.69, 9.17) is 0 Å². The van der Waals surface area contributed by atoms with E-state index in [1.165, 1.54) is 0 Å². The fraction of sp³-hybridized carbons (Fsp3) is 0.417. The molecule has 0 aromatic heterocycles. The maximum atomic E-state index is 11.4. The van der Waals surface area contributed by atoms with Crippen LogP contribution in [-0.2, 0) is 11.2 Å². The normalized spacial score (nSPS) is 9.93. The van der Waals surface area contributed by atoms with Gasteiger partial charge in [-0.3, -0.25) is 4.79 Å². The van der Waals surface area contributed by atoms with Crippen LogP contribution in [0.3, 0.4) is 0 Å². The Morgan fingerprint density at radius 1 is 1.20 bits per heavy atom. The molecule has 0 aliphatic carbocycles. The van der Waals surface area contributed by atoms with Gasteiger partial charge in [-0.1, -0.05) is 30.3 Å². The second kappa shape index (κ2) is 7.01. The fourth-order valence-corrected chi connectivity index (χ4v) is 1.34. The molecule has 0 unspecified atom stereocenters. The molecule has 0 spiro atoms. The summed E-state index contributed by atoms with van der Waals surface area (Å²) in [5, 5.41) is 5.93. The van der Waals surface area contributed by atoms with Crippen LogP contribution in [0.2, 0.25) is 0 Å². The summed E-state index contributed by atoms with van der Waals surface area (Å²) in [7, 11) is 1.91. The molecule has 0 atom stereocenters. The number of rotatable bonds is 6. The minimum Gasteiger partial charge on any atom is -0.356 e. The van der Waals surface area contributed by atoms with Crippen LogP contribution in [0.25, 0.3) is 0 Å². The summed E-state index contributed by atoms with van der Waals surface area (Å²) in [6, 6.07) is 9.78. The van der Waals surface area contributed by atoms with Gasteiger partial charge in [-0.25, -0.2) is 0 Å². The first-order valence-electron chi connectivity index (χ1n) is 5.28. The van der Waals surface area contributed by atoms with E-state index in [-0.39, 0.29) is 5.91 Å². The van der Waals surface area contributed by atoms with Crippen LogP contribution in [0.15, 0.2) is 30.3 Å². The molecule has 3 nitrogen and oxygen atoms in total. The molecule has 3 heteroatoms. The van der Waals surface area contributed by atoms with Crippen molar-refractivity contribution in [1.29, 1.82) is 0 Å². The summed E-state index contributed by atoms with van der Waals surface area (Å²) >= 11 is 0. The monoisotopic (exact) mass is 206 g/mol. The number of benzene rings is 1. The summed E-state index contributed by atoms with van der Waals surface area (Å²) in [5.74, 6) is 0.0947. The van der Waals surface area contributed by atoms with Gasteiger partial charge in [0.2, 0.25) is 5.91 Å². The Bertz CT molecular complexity index is 285. The van der Waals surface area contributed by atoms with E-state index in [0.717, 1.165) is 25.1 Å². The highest BCUT2D eigenvalue weighted by atomic mass is 16.1. The van der Waals surface area contributed by atoms with E-state index in [2.05, 4.69) is 10.6 Å². The zero-order valence-corrected chi connectivity index (χ0v) is 9.12. The topological polar surface area (TPSA) is 41.1 Å². The van der Waals surface area contributed by atoms with Gasteiger partial charge < -0.3 is 10.6 Å². The van der Waals surface area contributed by atoms with Crippen LogP contribution < -0.4 is 10.6 Å². The summed E-state index contributed by atoms with van der Waals surface area (Å²) in [5.41, 5.74) is 1.06. The molecule has 0 fully saturated rings. The van der Waals surface area contributed by atoms with Crippen LogP contribution in [0.5, 0.6) is 0 Å². The first-order chi connectivity index (χ1) is 7.33. The number of amides is 1. The van der Waals surface area contributed by atoms with Crippen molar-refractivity contribution in [3.8, 4) is 0 Å². The highest BCUT2D eigenvalue weighted by Crippen LogP contribution is 1.98. The van der Waals surface area contributed by atoms with Gasteiger partial charge in [0.1, 0.15) is 0 Å². The lowest BCUT2D eigenvalue weighted by Gasteiger charge is -2.04. The Kier molecular flexibility index (Phi) is 5.48. The van der Waals surface area contributed by atoms with Crippen molar-refractivity contribution in [3.63, 3.8) is 0 Å². The van der Waals surface area contributed by atoms with Gasteiger partial charge in [0, 0.05) is 6.54 Å². The maximum absolute atomic E-state index is 11.4. The van der Waals surface area contributed by atoms with E-state index in [0.29, 0.717) is 6.42 Å². The molecule has 1 rings (SSSR count). The van der Waals surface area contributed by atoms with Gasteiger partial charge in [-0.2, -0.15) is 0 Å². The Morgan fingerprint density at radius 3 is 2.60 bits per heavy atom. The molecular formula is C12H18N2O. The predicted octanol–water partition coefficient (Wildman–Crippen LogP) is 0.955. The summed E-state index contributed by atoms with van der Waals surface area (Å²) < 4.78 is 0. The van der Waals surface area contributed by atoms with Gasteiger partial charge in [0.15, 0.2) is 0 Å². The molecule has 15 heavy (non-hydrogen) atoms. The smallest absolute Gasteiger partial charge is 0.224 e. The molecule has 0 heterocycles. The SMILES string of the molecule is CNCCCNC(=O)Cc1ccccc1. The van der Waals surface area contributed by atoms with Crippen LogP contribution in [0, 0.1) is 0 Å². The number of carbonyl (C=O) groups is 1. The van der Waals surface area contributed by atoms with Crippen LogP contribution in [0.1, 0.15) is 12.0 Å². The van der Waals surface area contributed by atoms with Crippen LogP contribution >= 0.6 is 0 Å². The Labute approximate surface area is 90.9 Å². The molecule has 0 aliphatic rings. The van der Waals surface area contributed by atoms with E-state index >= 15 is 0 Å². The van der Waals surface area contributed by atoms with Crippen molar-refractivity contribution in [2.45, 2.75) is 12.8 Å². The minimum atomic E-state index is 0.0947. The summed E-state index contributed by atoms with van der Waals surface area (Å²) in [4.78, 5) is 11.4. The average Bonchev–Trinajstić information content (AvgIpc) is 2.26. The lowest BCUT2D eigenvalue weighted by molar-refractivity contribution is -0.120. The second-order valence-electron chi connectivity index (χ2n) is 3.47. The molecule has 0 radical (unpaired) electrons. The van der Waals surface area contributed by atoms with Gasteiger partial charge >= 0.3 is 0 Å². The second-order valence-corrected chi connectivity index (χ2v) is 3.47. The van der Waals surface area contributed by atoms with Gasteiger partial charge in [-0.15, -0.1) is 0 Å². The Balaban J connectivity index is 2.19. The number of carbonyl (C=O) groups excluding carboxylic acids is 1. The molecule has 1 aromatic carbocycles. The highest BCUT2D eigenvalue weighted by molar-refractivity contribution is 5.78. The Morgan fingerprint density at radius 2 is 1.93 bits per heavy atom. The van der Waals surface area contributed by atoms with Crippen molar-refractivity contribution in [3.05, 3.63) is 35.9 Å². The summed E-state index contributed by atoms with van der Waals surface area (Å²) in [6.45, 7) is 1.68. The molecule has 1 amide bonds. The first kappa shape index (κ1) is 11.7. The van der Waals surface area contributed by atoms with Crippen molar-refractivity contribution >= 4 is 5.91 Å². The van der Waals surface area contributed by atoms with Crippen molar-refractivity contribution in [2.24, 2.45) is 0 Å². The zero-order valence-electron chi connectivity index (χ0n) is 9.12. The minimum absolute atomic E-state index is 0.0947. The third-order valence-electron chi connectivity index (χ3n) is 2.13. The molecule has 82 valence electrons. The van der Waals surface area contributed by atoms with Gasteiger partial charge in [0.25, 0.3) is 0 Å². The molecule has 0 saturated heterocycles. The number of hydrogen-bond donors (Lipinski definition) is 2. The highest BCUT2D eigenvalue weighted by Gasteiger charge is 2.00. The zero-order chi connectivity index (χ0) is 10.9. The largest absolute Gasteiger partial charge is 0.356 e. The molecule has 0 bridgehead atoms. The van der Waals surface area contributed by atoms with Crippen molar-refractivity contribution < 1.29 is 4.79 Å². The van der Waals surface area contributed by atoms with Crippen LogP contribution in [0.4, 0.5) is 0 Å². The number of hydrogen-bond acceptors (Lipinski definition) is 2. The Hall–Kier alpha value is -1.35. The molecular weight excluding hydrogens is 188 g/mol. The lowest BCUT2D eigenvalue weighted by atomic mass is 10.1. The average molecular weight is 206 g/mol. The molecule has 1 aromatic rings. The lowest BCUT2D eigenvalue weighted by Crippen LogP contribution is -2.27. The van der Waals surface area contributed by atoms with Crippen LogP contribution in [-0.4, -0.2) is 26.0 Å². The van der Waals surface area contributed by atoms with Crippen molar-refractivity contribution in [2.75, 3.05) is 20.1 Å².